The Morgan fingerprint density at radius 3 is 2.72 bits per heavy atom. The number of nitrogens with two attached hydrogens (primary N) is 1. The van der Waals surface area contributed by atoms with E-state index in [2.05, 4.69) is 15.0 Å². The Morgan fingerprint density at radius 2 is 1.89 bits per heavy atom. The second kappa shape index (κ2) is 3.76. The minimum atomic E-state index is -0.552. The van der Waals surface area contributed by atoms with Crippen LogP contribution in [0.4, 0.5) is 14.6 Å². The lowest BCUT2D eigenvalue weighted by Crippen LogP contribution is -1.89. The Kier molecular flexibility index (Phi) is 2.22. The molecular weight excluding hydrogens is 238 g/mol. The molecule has 0 unspecified atom stereocenters. The smallest absolute Gasteiger partial charge is 0.180 e. The maximum Gasteiger partial charge on any atom is 0.180 e. The van der Waals surface area contributed by atoms with Gasteiger partial charge in [0, 0.05) is 0 Å². The number of benzene rings is 1. The summed E-state index contributed by atoms with van der Waals surface area (Å²) < 4.78 is 26.7. The fourth-order valence-electron chi connectivity index (χ4n) is 1.71. The van der Waals surface area contributed by atoms with E-state index in [0.29, 0.717) is 17.0 Å². The lowest BCUT2D eigenvalue weighted by atomic mass is 10.2. The average molecular weight is 246 g/mol. The molecule has 0 aliphatic heterocycles. The Bertz CT molecular complexity index is 736. The number of fused-ring (bicyclic) bond motifs is 1. The van der Waals surface area contributed by atoms with Crippen LogP contribution in [0.5, 0.6) is 0 Å². The van der Waals surface area contributed by atoms with E-state index in [0.717, 1.165) is 18.2 Å². The monoisotopic (exact) mass is 246 g/mol. The van der Waals surface area contributed by atoms with E-state index in [1.165, 1.54) is 0 Å². The number of nitrogens with zero attached hydrogens (tertiary/aromatic N) is 2. The number of nitrogens with one attached hydrogen (secondary N) is 1. The van der Waals surface area contributed by atoms with Crippen molar-refractivity contribution in [2.45, 2.75) is 0 Å². The number of hydrogen-bond acceptors (Lipinski definition) is 3. The number of aromatic nitrogens is 3. The van der Waals surface area contributed by atoms with Crippen LogP contribution in [0.3, 0.4) is 0 Å². The zero-order valence-corrected chi connectivity index (χ0v) is 9.11. The van der Waals surface area contributed by atoms with Crippen molar-refractivity contribution in [3.8, 4) is 11.4 Å². The summed E-state index contributed by atoms with van der Waals surface area (Å²) in [5.41, 5.74) is 6.57. The van der Waals surface area contributed by atoms with Crippen molar-refractivity contribution < 1.29 is 8.78 Å². The van der Waals surface area contributed by atoms with Crippen LogP contribution in [0.2, 0.25) is 0 Å². The molecular formula is C12H8F2N4. The van der Waals surface area contributed by atoms with Crippen molar-refractivity contribution in [2.75, 3.05) is 5.73 Å². The quantitative estimate of drug-likeness (QED) is 0.693. The molecule has 4 nitrogen and oxygen atoms in total. The third-order valence-corrected chi connectivity index (χ3v) is 2.55. The molecule has 0 saturated carbocycles. The molecule has 0 fully saturated rings. The van der Waals surface area contributed by atoms with Crippen LogP contribution < -0.4 is 5.73 Å². The second-order valence-electron chi connectivity index (χ2n) is 3.82. The zero-order valence-electron chi connectivity index (χ0n) is 9.11. The van der Waals surface area contributed by atoms with Crippen molar-refractivity contribution in [3.05, 3.63) is 42.0 Å². The van der Waals surface area contributed by atoms with Crippen molar-refractivity contribution in [1.29, 1.82) is 0 Å². The van der Waals surface area contributed by atoms with Crippen LogP contribution in [-0.2, 0) is 0 Å². The predicted octanol–water partition coefficient (Wildman–Crippen LogP) is 2.49. The van der Waals surface area contributed by atoms with Gasteiger partial charge in [-0.2, -0.15) is 0 Å². The summed E-state index contributed by atoms with van der Waals surface area (Å²) in [5.74, 6) is -0.539. The Morgan fingerprint density at radius 1 is 1.06 bits per heavy atom. The third-order valence-electron chi connectivity index (χ3n) is 2.55. The van der Waals surface area contributed by atoms with Gasteiger partial charge < -0.3 is 10.7 Å². The molecule has 6 heteroatoms. The molecule has 3 rings (SSSR count). The van der Waals surface area contributed by atoms with Gasteiger partial charge in [0.15, 0.2) is 5.65 Å². The molecule has 2 heterocycles. The number of aromatic amines is 1. The van der Waals surface area contributed by atoms with Gasteiger partial charge in [-0.1, -0.05) is 0 Å². The molecule has 0 saturated heterocycles. The number of H-pyrrole nitrogens is 1. The number of pyridine rings is 1. The normalized spacial score (nSPS) is 11.0. The van der Waals surface area contributed by atoms with E-state index >= 15 is 0 Å². The number of rotatable bonds is 1. The van der Waals surface area contributed by atoms with Crippen molar-refractivity contribution in [2.24, 2.45) is 0 Å². The van der Waals surface area contributed by atoms with Gasteiger partial charge in [0.2, 0.25) is 0 Å². The summed E-state index contributed by atoms with van der Waals surface area (Å²) in [4.78, 5) is 11.0. The number of imidazole rings is 1. The maximum absolute atomic E-state index is 13.6. The number of hydrogen-bond donors (Lipinski definition) is 2. The van der Waals surface area contributed by atoms with E-state index in [9.17, 15) is 8.78 Å². The minimum Gasteiger partial charge on any atom is -0.384 e. The summed E-state index contributed by atoms with van der Waals surface area (Å²) >= 11 is 0. The molecule has 3 aromatic rings. The molecule has 0 aliphatic carbocycles. The highest BCUT2D eigenvalue weighted by atomic mass is 19.1. The van der Waals surface area contributed by atoms with Crippen LogP contribution in [0.1, 0.15) is 0 Å². The van der Waals surface area contributed by atoms with Crippen LogP contribution in [-0.4, -0.2) is 15.0 Å². The minimum absolute atomic E-state index is 0.0616. The fourth-order valence-corrected chi connectivity index (χ4v) is 1.71. The molecule has 0 spiro atoms. The molecule has 90 valence electrons. The van der Waals surface area contributed by atoms with E-state index in [-0.39, 0.29) is 11.4 Å². The molecule has 2 aromatic heterocycles. The number of nitrogen functional groups attached to an aromatic ring is 1. The molecule has 0 bridgehead atoms. The summed E-state index contributed by atoms with van der Waals surface area (Å²) in [7, 11) is 0. The first-order valence-corrected chi connectivity index (χ1v) is 5.21. The Balaban J connectivity index is 2.22. The highest BCUT2D eigenvalue weighted by Crippen LogP contribution is 2.23. The van der Waals surface area contributed by atoms with Crippen LogP contribution >= 0.6 is 0 Å². The third kappa shape index (κ3) is 1.67. The molecule has 1 aromatic carbocycles. The van der Waals surface area contributed by atoms with Gasteiger partial charge in [0.25, 0.3) is 0 Å². The zero-order chi connectivity index (χ0) is 12.7. The maximum atomic E-state index is 13.6. The number of anilines is 1. The lowest BCUT2D eigenvalue weighted by Gasteiger charge is -1.98. The van der Waals surface area contributed by atoms with E-state index < -0.39 is 11.6 Å². The summed E-state index contributed by atoms with van der Waals surface area (Å²) in [5, 5.41) is 0. The van der Waals surface area contributed by atoms with Gasteiger partial charge in [-0.05, 0) is 30.3 Å². The molecule has 0 radical (unpaired) electrons. The lowest BCUT2D eigenvalue weighted by molar-refractivity contribution is 0.602. The van der Waals surface area contributed by atoms with Crippen LogP contribution in [0, 0.1) is 11.6 Å². The van der Waals surface area contributed by atoms with E-state index in [1.807, 2.05) is 0 Å². The highest BCUT2D eigenvalue weighted by Gasteiger charge is 2.11. The highest BCUT2D eigenvalue weighted by molar-refractivity contribution is 5.77. The largest absolute Gasteiger partial charge is 0.384 e. The van der Waals surface area contributed by atoms with Crippen molar-refractivity contribution >= 4 is 17.0 Å². The summed E-state index contributed by atoms with van der Waals surface area (Å²) in [6.07, 6.45) is 0. The van der Waals surface area contributed by atoms with Gasteiger partial charge in [-0.15, -0.1) is 0 Å². The predicted molar refractivity (Wildman–Crippen MR) is 63.7 cm³/mol. The Hall–Kier alpha value is -2.50. The van der Waals surface area contributed by atoms with Gasteiger partial charge in [0.1, 0.15) is 23.3 Å². The molecule has 0 amide bonds. The molecule has 0 atom stereocenters. The first-order valence-electron chi connectivity index (χ1n) is 5.21. The fraction of sp³-hybridized carbons (Fsp3) is 0. The standard InChI is InChI=1S/C12H8F2N4/c13-6-1-2-8(14)7(5-6)11-16-9-3-4-10(15)17-12(9)18-11/h1-5H,(H3,15,16,17,18). The molecule has 18 heavy (non-hydrogen) atoms. The molecule has 0 aliphatic rings. The van der Waals surface area contributed by atoms with E-state index in [1.54, 1.807) is 12.1 Å². The summed E-state index contributed by atoms with van der Waals surface area (Å²) in [6, 6.07) is 6.48. The SMILES string of the molecule is Nc1ccc2[nH]c(-c3cc(F)ccc3F)nc2n1. The van der Waals surface area contributed by atoms with Gasteiger partial charge >= 0.3 is 0 Å². The van der Waals surface area contributed by atoms with Gasteiger partial charge in [-0.3, -0.25) is 0 Å². The van der Waals surface area contributed by atoms with Gasteiger partial charge in [-0.25, -0.2) is 18.7 Å². The van der Waals surface area contributed by atoms with E-state index in [4.69, 9.17) is 5.73 Å². The molecule has 3 N–H and O–H groups in total. The Labute approximate surface area is 100 Å². The summed E-state index contributed by atoms with van der Waals surface area (Å²) in [6.45, 7) is 0. The average Bonchev–Trinajstić information content (AvgIpc) is 2.74. The van der Waals surface area contributed by atoms with Crippen molar-refractivity contribution in [3.63, 3.8) is 0 Å². The first-order chi connectivity index (χ1) is 8.63. The second-order valence-corrected chi connectivity index (χ2v) is 3.82. The van der Waals surface area contributed by atoms with Crippen LogP contribution in [0.25, 0.3) is 22.6 Å². The van der Waals surface area contributed by atoms with Crippen LogP contribution in [0.15, 0.2) is 30.3 Å². The topological polar surface area (TPSA) is 67.6 Å². The van der Waals surface area contributed by atoms with Crippen molar-refractivity contribution in [1.82, 2.24) is 15.0 Å². The first kappa shape index (κ1) is 10.6. The number of halogens is 2. The van der Waals surface area contributed by atoms with Gasteiger partial charge in [0.05, 0.1) is 11.1 Å².